The van der Waals surface area contributed by atoms with Gasteiger partial charge in [0.25, 0.3) is 0 Å². The van der Waals surface area contributed by atoms with Crippen molar-refractivity contribution in [1.82, 2.24) is 9.55 Å². The van der Waals surface area contributed by atoms with Crippen molar-refractivity contribution < 1.29 is 0 Å². The lowest BCUT2D eigenvalue weighted by atomic mass is 10.1. The first kappa shape index (κ1) is 14.5. The molecule has 112 valence electrons. The minimum Gasteiger partial charge on any atom is -0.399 e. The summed E-state index contributed by atoms with van der Waals surface area (Å²) in [6, 6.07) is 11.9. The fourth-order valence-corrected chi connectivity index (χ4v) is 2.68. The van der Waals surface area contributed by atoms with Crippen LogP contribution in [0.4, 0.5) is 5.69 Å². The van der Waals surface area contributed by atoms with Crippen molar-refractivity contribution in [1.29, 1.82) is 0 Å². The van der Waals surface area contributed by atoms with Crippen molar-refractivity contribution in [3.8, 4) is 11.4 Å². The summed E-state index contributed by atoms with van der Waals surface area (Å²) >= 11 is 5.10. The first-order valence-corrected chi connectivity index (χ1v) is 7.48. The second kappa shape index (κ2) is 5.42. The Morgan fingerprint density at radius 1 is 1.14 bits per heavy atom. The second-order valence-corrected chi connectivity index (χ2v) is 6.06. The van der Waals surface area contributed by atoms with Gasteiger partial charge in [0.15, 0.2) is 0 Å². The van der Waals surface area contributed by atoms with E-state index in [-0.39, 0.29) is 0 Å². The number of fused-ring (bicyclic) bond motifs is 1. The fraction of sp³-hybridized carbons (Fsp3) is 0.176. The van der Waals surface area contributed by atoms with E-state index >= 15 is 0 Å². The van der Waals surface area contributed by atoms with E-state index in [1.165, 1.54) is 11.1 Å². The Hall–Kier alpha value is -2.40. The lowest BCUT2D eigenvalue weighted by molar-refractivity contribution is 0.895. The number of benzene rings is 2. The normalized spacial score (nSPS) is 11.0. The Morgan fingerprint density at radius 2 is 1.77 bits per heavy atom. The van der Waals surface area contributed by atoms with Crippen LogP contribution in [0.1, 0.15) is 11.1 Å². The molecule has 0 amide bonds. The van der Waals surface area contributed by atoms with E-state index < -0.39 is 0 Å². The summed E-state index contributed by atoms with van der Waals surface area (Å²) in [6.07, 6.45) is 0. The van der Waals surface area contributed by atoms with Gasteiger partial charge < -0.3 is 16.0 Å². The summed E-state index contributed by atoms with van der Waals surface area (Å²) in [5.74, 6) is 0.854. The average molecular weight is 310 g/mol. The van der Waals surface area contributed by atoms with Crippen molar-refractivity contribution in [2.45, 2.75) is 20.4 Å². The Labute approximate surface area is 134 Å². The van der Waals surface area contributed by atoms with Gasteiger partial charge in [0.1, 0.15) is 5.82 Å². The van der Waals surface area contributed by atoms with E-state index in [0.717, 1.165) is 28.1 Å². The van der Waals surface area contributed by atoms with Crippen LogP contribution in [0.2, 0.25) is 0 Å². The molecule has 0 saturated heterocycles. The van der Waals surface area contributed by atoms with Crippen LogP contribution in [-0.2, 0) is 6.54 Å². The van der Waals surface area contributed by atoms with Gasteiger partial charge >= 0.3 is 0 Å². The van der Waals surface area contributed by atoms with Crippen LogP contribution in [0, 0.1) is 13.8 Å². The molecule has 0 radical (unpaired) electrons. The number of hydrogen-bond donors (Lipinski definition) is 2. The number of nitrogen functional groups attached to an aromatic ring is 1. The molecule has 0 atom stereocenters. The van der Waals surface area contributed by atoms with E-state index in [4.69, 9.17) is 28.7 Å². The zero-order chi connectivity index (χ0) is 15.9. The molecule has 0 saturated carbocycles. The molecular formula is C17H18N4S. The van der Waals surface area contributed by atoms with Gasteiger partial charge in [0.05, 0.1) is 22.6 Å². The maximum absolute atomic E-state index is 5.78. The monoisotopic (exact) mass is 310 g/mol. The number of thiocarbonyl (C=S) groups is 1. The summed E-state index contributed by atoms with van der Waals surface area (Å²) in [6.45, 7) is 4.65. The smallest absolute Gasteiger partial charge is 0.141 e. The van der Waals surface area contributed by atoms with Gasteiger partial charge in [-0.25, -0.2) is 4.98 Å². The van der Waals surface area contributed by atoms with E-state index in [1.54, 1.807) is 0 Å². The lowest BCUT2D eigenvalue weighted by Gasteiger charge is -2.09. The molecular weight excluding hydrogens is 292 g/mol. The highest BCUT2D eigenvalue weighted by molar-refractivity contribution is 7.80. The predicted molar refractivity (Wildman–Crippen MR) is 95.8 cm³/mol. The molecule has 1 aromatic heterocycles. The molecule has 4 N–H and O–H groups in total. The van der Waals surface area contributed by atoms with E-state index in [2.05, 4.69) is 30.5 Å². The van der Waals surface area contributed by atoms with Crippen LogP contribution in [-0.4, -0.2) is 14.5 Å². The third-order valence-corrected chi connectivity index (χ3v) is 3.98. The number of hydrogen-bond acceptors (Lipinski definition) is 3. The minimum atomic E-state index is 0.439. The Balaban J connectivity index is 2.28. The van der Waals surface area contributed by atoms with Crippen molar-refractivity contribution in [2.75, 3.05) is 5.73 Å². The van der Waals surface area contributed by atoms with E-state index in [0.29, 0.717) is 11.5 Å². The Bertz CT molecular complexity index is 862. The molecule has 0 fully saturated rings. The zero-order valence-corrected chi connectivity index (χ0v) is 13.4. The summed E-state index contributed by atoms with van der Waals surface area (Å²) in [5.41, 5.74) is 17.7. The molecule has 0 bridgehead atoms. The lowest BCUT2D eigenvalue weighted by Crippen LogP contribution is -2.17. The van der Waals surface area contributed by atoms with Crippen LogP contribution >= 0.6 is 12.2 Å². The van der Waals surface area contributed by atoms with Gasteiger partial charge in [-0.2, -0.15) is 0 Å². The number of aryl methyl sites for hydroxylation is 2. The van der Waals surface area contributed by atoms with Gasteiger partial charge in [-0.15, -0.1) is 0 Å². The molecule has 5 heteroatoms. The molecule has 1 heterocycles. The standard InChI is InChI=1S/C17H18N4S/c1-10-7-14-15(8-11(10)2)21(9-16(19)22)17(20-14)12-3-5-13(18)6-4-12/h3-8H,9,18H2,1-2H3,(H2,19,22). The van der Waals surface area contributed by atoms with Crippen LogP contribution < -0.4 is 11.5 Å². The molecule has 22 heavy (non-hydrogen) atoms. The van der Waals surface area contributed by atoms with Crippen molar-refractivity contribution in [3.05, 3.63) is 47.5 Å². The molecule has 0 aliphatic heterocycles. The number of imidazole rings is 1. The fourth-order valence-electron chi connectivity index (χ4n) is 2.55. The first-order valence-electron chi connectivity index (χ1n) is 7.07. The van der Waals surface area contributed by atoms with Gasteiger partial charge in [-0.1, -0.05) is 12.2 Å². The van der Waals surface area contributed by atoms with Crippen molar-refractivity contribution in [2.24, 2.45) is 5.73 Å². The first-order chi connectivity index (χ1) is 10.5. The molecule has 3 rings (SSSR count). The Kier molecular flexibility index (Phi) is 3.58. The highest BCUT2D eigenvalue weighted by atomic mass is 32.1. The predicted octanol–water partition coefficient (Wildman–Crippen LogP) is 3.19. The number of rotatable bonds is 3. The van der Waals surface area contributed by atoms with Gasteiger partial charge in [-0.05, 0) is 61.4 Å². The molecule has 0 spiro atoms. The maximum Gasteiger partial charge on any atom is 0.141 e. The van der Waals surface area contributed by atoms with Crippen molar-refractivity contribution >= 4 is 33.9 Å². The van der Waals surface area contributed by atoms with Crippen LogP contribution in [0.25, 0.3) is 22.4 Å². The van der Waals surface area contributed by atoms with Gasteiger partial charge in [0.2, 0.25) is 0 Å². The van der Waals surface area contributed by atoms with E-state index in [1.807, 2.05) is 24.3 Å². The van der Waals surface area contributed by atoms with Gasteiger partial charge in [-0.3, -0.25) is 0 Å². The summed E-state index contributed by atoms with van der Waals surface area (Å²) in [4.78, 5) is 5.21. The van der Waals surface area contributed by atoms with E-state index in [9.17, 15) is 0 Å². The molecule has 4 nitrogen and oxygen atoms in total. The maximum atomic E-state index is 5.78. The molecule has 0 unspecified atom stereocenters. The molecule has 0 aliphatic rings. The summed E-state index contributed by atoms with van der Waals surface area (Å²) in [7, 11) is 0. The van der Waals surface area contributed by atoms with Crippen LogP contribution in [0.3, 0.4) is 0 Å². The number of aromatic nitrogens is 2. The molecule has 0 aliphatic carbocycles. The summed E-state index contributed by atoms with van der Waals surface area (Å²) in [5, 5.41) is 0. The molecule has 2 aromatic carbocycles. The largest absolute Gasteiger partial charge is 0.399 e. The van der Waals surface area contributed by atoms with Crippen molar-refractivity contribution in [3.63, 3.8) is 0 Å². The number of anilines is 1. The highest BCUT2D eigenvalue weighted by Gasteiger charge is 2.14. The van der Waals surface area contributed by atoms with Crippen LogP contribution in [0.15, 0.2) is 36.4 Å². The average Bonchev–Trinajstić information content (AvgIpc) is 2.78. The quantitative estimate of drug-likeness (QED) is 0.576. The third kappa shape index (κ3) is 2.55. The number of nitrogens with two attached hydrogens (primary N) is 2. The topological polar surface area (TPSA) is 69.9 Å². The minimum absolute atomic E-state index is 0.439. The SMILES string of the molecule is Cc1cc2nc(-c3ccc(N)cc3)n(CC(N)=S)c2cc1C. The zero-order valence-electron chi connectivity index (χ0n) is 12.6. The van der Waals surface area contributed by atoms with Crippen LogP contribution in [0.5, 0.6) is 0 Å². The number of nitrogens with zero attached hydrogens (tertiary/aromatic N) is 2. The van der Waals surface area contributed by atoms with Gasteiger partial charge in [0, 0.05) is 11.3 Å². The summed E-state index contributed by atoms with van der Waals surface area (Å²) < 4.78 is 2.07. The second-order valence-electron chi connectivity index (χ2n) is 5.54. The Morgan fingerprint density at radius 3 is 2.41 bits per heavy atom. The molecule has 3 aromatic rings. The third-order valence-electron chi connectivity index (χ3n) is 3.85. The highest BCUT2D eigenvalue weighted by Crippen LogP contribution is 2.27.